The van der Waals surface area contributed by atoms with Gasteiger partial charge in [0.2, 0.25) is 0 Å². The molecule has 0 radical (unpaired) electrons. The molecule has 0 bridgehead atoms. The second kappa shape index (κ2) is 6.20. The molecule has 0 aliphatic carbocycles. The van der Waals surface area contributed by atoms with Crippen molar-refractivity contribution in [3.8, 4) is 0 Å². The van der Waals surface area contributed by atoms with Crippen LogP contribution in [-0.4, -0.2) is 7.05 Å². The van der Waals surface area contributed by atoms with E-state index < -0.39 is 17.7 Å². The largest absolute Gasteiger partial charge is 0.309 e. The Kier molecular flexibility index (Phi) is 4.78. The number of hydrogen-bond acceptors (Lipinski definition) is 1. The van der Waals surface area contributed by atoms with E-state index >= 15 is 0 Å². The van der Waals surface area contributed by atoms with Gasteiger partial charge in [0.15, 0.2) is 0 Å². The van der Waals surface area contributed by atoms with Gasteiger partial charge in [-0.2, -0.15) is 0 Å². The number of aryl methyl sites for hydroxylation is 1. The summed E-state index contributed by atoms with van der Waals surface area (Å²) in [5, 5.41) is 3.65. The maximum absolute atomic E-state index is 14.1. The lowest BCUT2D eigenvalue weighted by atomic mass is 9.97. The van der Waals surface area contributed by atoms with E-state index in [0.29, 0.717) is 5.02 Å². The highest BCUT2D eigenvalue weighted by molar-refractivity contribution is 9.10. The fourth-order valence-electron chi connectivity index (χ4n) is 2.11. The molecule has 0 saturated carbocycles. The smallest absolute Gasteiger partial charge is 0.137 e. The van der Waals surface area contributed by atoms with Crippen LogP contribution in [0.3, 0.4) is 0 Å². The molecule has 0 heterocycles. The minimum atomic E-state index is -0.493. The van der Waals surface area contributed by atoms with Crippen LogP contribution in [0.1, 0.15) is 22.7 Å². The van der Waals surface area contributed by atoms with Gasteiger partial charge in [-0.15, -0.1) is 0 Å². The lowest BCUT2D eigenvalue weighted by Gasteiger charge is -2.19. The standard InChI is InChI=1S/C15H13BrClF2N/c1-8-5-9(3-4-12(8)17)15(20-2)10-6-14(19)11(16)7-13(10)18/h3-7,15,20H,1-2H3. The van der Waals surface area contributed by atoms with Crippen molar-refractivity contribution in [3.63, 3.8) is 0 Å². The average Bonchev–Trinajstić information content (AvgIpc) is 2.40. The zero-order valence-electron chi connectivity index (χ0n) is 11.0. The summed E-state index contributed by atoms with van der Waals surface area (Å²) in [6.45, 7) is 1.87. The van der Waals surface area contributed by atoms with Crippen LogP contribution >= 0.6 is 27.5 Å². The van der Waals surface area contributed by atoms with Gasteiger partial charge < -0.3 is 5.32 Å². The topological polar surface area (TPSA) is 12.0 Å². The first-order valence-electron chi connectivity index (χ1n) is 6.01. The van der Waals surface area contributed by atoms with Crippen LogP contribution in [0.15, 0.2) is 34.8 Å². The summed E-state index contributed by atoms with van der Waals surface area (Å²) >= 11 is 8.97. The fourth-order valence-corrected chi connectivity index (χ4v) is 2.54. The Morgan fingerprint density at radius 2 is 1.85 bits per heavy atom. The van der Waals surface area contributed by atoms with Crippen LogP contribution < -0.4 is 5.32 Å². The molecule has 2 aromatic carbocycles. The zero-order chi connectivity index (χ0) is 14.9. The normalized spacial score (nSPS) is 12.5. The van der Waals surface area contributed by atoms with Crippen LogP contribution in [0.2, 0.25) is 5.02 Å². The summed E-state index contributed by atoms with van der Waals surface area (Å²) in [6, 6.07) is 7.32. The molecule has 106 valence electrons. The van der Waals surface area contributed by atoms with Gasteiger partial charge >= 0.3 is 0 Å². The molecule has 1 nitrogen and oxygen atoms in total. The first-order chi connectivity index (χ1) is 9.43. The Morgan fingerprint density at radius 3 is 2.45 bits per heavy atom. The van der Waals surface area contributed by atoms with Crippen molar-refractivity contribution >= 4 is 27.5 Å². The first kappa shape index (κ1) is 15.4. The highest BCUT2D eigenvalue weighted by Crippen LogP contribution is 2.30. The monoisotopic (exact) mass is 359 g/mol. The van der Waals surface area contributed by atoms with Gasteiger partial charge in [0.05, 0.1) is 10.5 Å². The molecule has 1 unspecified atom stereocenters. The number of benzene rings is 2. The molecular weight excluding hydrogens is 348 g/mol. The average molecular weight is 361 g/mol. The van der Waals surface area contributed by atoms with Crippen molar-refractivity contribution in [2.75, 3.05) is 7.05 Å². The predicted molar refractivity (Wildman–Crippen MR) is 81.1 cm³/mol. The van der Waals surface area contributed by atoms with E-state index in [0.717, 1.165) is 17.2 Å². The minimum Gasteiger partial charge on any atom is -0.309 e. The second-order valence-electron chi connectivity index (χ2n) is 4.52. The Labute approximate surface area is 130 Å². The van der Waals surface area contributed by atoms with E-state index in [-0.39, 0.29) is 10.0 Å². The Balaban J connectivity index is 2.52. The third-order valence-corrected chi connectivity index (χ3v) is 4.19. The van der Waals surface area contributed by atoms with Gasteiger partial charge in [-0.1, -0.05) is 23.7 Å². The predicted octanol–water partition coefficient (Wildman–Crippen LogP) is 5.00. The van der Waals surface area contributed by atoms with Crippen LogP contribution in [0.4, 0.5) is 8.78 Å². The van der Waals surface area contributed by atoms with Gasteiger partial charge in [0, 0.05) is 10.6 Å². The fraction of sp³-hybridized carbons (Fsp3) is 0.200. The molecule has 5 heteroatoms. The summed E-state index contributed by atoms with van der Waals surface area (Å²) in [5.74, 6) is -0.961. The van der Waals surface area contributed by atoms with Gasteiger partial charge in [-0.05, 0) is 59.2 Å². The minimum absolute atomic E-state index is 0.112. The summed E-state index contributed by atoms with van der Waals surface area (Å²) in [5.41, 5.74) is 1.98. The maximum Gasteiger partial charge on any atom is 0.137 e. The lowest BCUT2D eigenvalue weighted by molar-refractivity contribution is 0.554. The van der Waals surface area contributed by atoms with E-state index in [1.165, 1.54) is 6.07 Å². The SMILES string of the molecule is CNC(c1ccc(Cl)c(C)c1)c1cc(F)c(Br)cc1F. The molecular formula is C15H13BrClF2N. The van der Waals surface area contributed by atoms with E-state index in [1.807, 2.05) is 13.0 Å². The van der Waals surface area contributed by atoms with E-state index in [1.54, 1.807) is 19.2 Å². The Morgan fingerprint density at radius 1 is 1.15 bits per heavy atom. The molecule has 0 spiro atoms. The molecule has 0 aliphatic rings. The van der Waals surface area contributed by atoms with Gasteiger partial charge in [-0.25, -0.2) is 8.78 Å². The third-order valence-electron chi connectivity index (χ3n) is 3.15. The van der Waals surface area contributed by atoms with Crippen molar-refractivity contribution in [1.29, 1.82) is 0 Å². The number of nitrogens with one attached hydrogen (secondary N) is 1. The molecule has 20 heavy (non-hydrogen) atoms. The Bertz CT molecular complexity index is 646. The molecule has 1 N–H and O–H groups in total. The van der Waals surface area contributed by atoms with Crippen molar-refractivity contribution in [3.05, 3.63) is 68.2 Å². The van der Waals surface area contributed by atoms with Gasteiger partial charge in [-0.3, -0.25) is 0 Å². The molecule has 1 atom stereocenters. The molecule has 0 aromatic heterocycles. The third kappa shape index (κ3) is 3.03. The quantitative estimate of drug-likeness (QED) is 0.760. The van der Waals surface area contributed by atoms with E-state index in [2.05, 4.69) is 21.2 Å². The van der Waals surface area contributed by atoms with Crippen LogP contribution in [0, 0.1) is 18.6 Å². The first-order valence-corrected chi connectivity index (χ1v) is 7.19. The highest BCUT2D eigenvalue weighted by Gasteiger charge is 2.19. The molecule has 2 rings (SSSR count). The van der Waals surface area contributed by atoms with Crippen LogP contribution in [0.25, 0.3) is 0 Å². The van der Waals surface area contributed by atoms with Crippen molar-refractivity contribution < 1.29 is 8.78 Å². The number of hydrogen-bond donors (Lipinski definition) is 1. The summed E-state index contributed by atoms with van der Waals surface area (Å²) in [7, 11) is 1.70. The molecule has 0 saturated heterocycles. The summed E-state index contributed by atoms with van der Waals surface area (Å²) in [6.07, 6.45) is 0. The van der Waals surface area contributed by atoms with E-state index in [9.17, 15) is 8.78 Å². The summed E-state index contributed by atoms with van der Waals surface area (Å²) in [4.78, 5) is 0. The van der Waals surface area contributed by atoms with Crippen molar-refractivity contribution in [2.45, 2.75) is 13.0 Å². The Hall–Kier alpha value is -0.970. The molecule has 0 aliphatic heterocycles. The van der Waals surface area contributed by atoms with Crippen molar-refractivity contribution in [1.82, 2.24) is 5.32 Å². The number of rotatable bonds is 3. The second-order valence-corrected chi connectivity index (χ2v) is 5.78. The van der Waals surface area contributed by atoms with Gasteiger partial charge in [0.1, 0.15) is 11.6 Å². The van der Waals surface area contributed by atoms with Crippen LogP contribution in [-0.2, 0) is 0 Å². The summed E-state index contributed by atoms with van der Waals surface area (Å²) < 4.78 is 27.8. The lowest BCUT2D eigenvalue weighted by Crippen LogP contribution is -2.19. The number of halogens is 4. The van der Waals surface area contributed by atoms with Crippen LogP contribution in [0.5, 0.6) is 0 Å². The molecule has 0 fully saturated rings. The van der Waals surface area contributed by atoms with Gasteiger partial charge in [0.25, 0.3) is 0 Å². The maximum atomic E-state index is 14.1. The highest BCUT2D eigenvalue weighted by atomic mass is 79.9. The zero-order valence-corrected chi connectivity index (χ0v) is 13.3. The molecule has 2 aromatic rings. The van der Waals surface area contributed by atoms with E-state index in [4.69, 9.17) is 11.6 Å². The van der Waals surface area contributed by atoms with Crippen molar-refractivity contribution in [2.24, 2.45) is 0 Å². The molecule has 0 amide bonds.